The minimum Gasteiger partial charge on any atom is -0.493 e. The number of allylic oxidation sites excluding steroid dienone is 2. The van der Waals surface area contributed by atoms with E-state index in [0.717, 1.165) is 37.9 Å². The van der Waals surface area contributed by atoms with Crippen LogP contribution >= 0.6 is 0 Å². The molecule has 1 unspecified atom stereocenters. The minimum atomic E-state index is -0.334. The van der Waals surface area contributed by atoms with Crippen molar-refractivity contribution < 1.29 is 19.1 Å². The number of methoxy groups -OCH3 is 1. The van der Waals surface area contributed by atoms with E-state index in [0.29, 0.717) is 30.4 Å². The highest BCUT2D eigenvalue weighted by Gasteiger charge is 2.22. The average molecular weight is 433 g/mol. The van der Waals surface area contributed by atoms with Crippen LogP contribution in [-0.2, 0) is 16.1 Å². The van der Waals surface area contributed by atoms with Gasteiger partial charge in [0.2, 0.25) is 5.91 Å². The Bertz CT molecular complexity index is 711. The Morgan fingerprint density at radius 3 is 2.42 bits per heavy atom. The molecule has 0 bridgehead atoms. The molecule has 0 aromatic heterocycles. The summed E-state index contributed by atoms with van der Waals surface area (Å²) in [5, 5.41) is 2.94. The molecule has 1 atom stereocenters. The van der Waals surface area contributed by atoms with Gasteiger partial charge in [0.05, 0.1) is 7.11 Å². The first kappa shape index (κ1) is 26.7. The highest BCUT2D eigenvalue weighted by molar-refractivity contribution is 5.78. The molecule has 0 saturated heterocycles. The van der Waals surface area contributed by atoms with Crippen molar-refractivity contribution in [1.82, 2.24) is 10.2 Å². The number of esters is 1. The lowest BCUT2D eigenvalue weighted by Gasteiger charge is -2.24. The van der Waals surface area contributed by atoms with E-state index in [1.54, 1.807) is 12.1 Å². The van der Waals surface area contributed by atoms with E-state index in [4.69, 9.17) is 9.47 Å². The summed E-state index contributed by atoms with van der Waals surface area (Å²) in [6.45, 7) is 12.1. The number of ether oxygens (including phenoxy) is 2. The molecule has 0 fully saturated rings. The Morgan fingerprint density at radius 1 is 1.10 bits per heavy atom. The van der Waals surface area contributed by atoms with Gasteiger partial charge >= 0.3 is 5.97 Å². The number of amides is 1. The second kappa shape index (κ2) is 14.6. The third-order valence-electron chi connectivity index (χ3n) is 5.18. The molecule has 0 aliphatic rings. The zero-order valence-electron chi connectivity index (χ0n) is 20.1. The number of hydrogen-bond acceptors (Lipinski definition) is 5. The SMILES string of the molecule is CCN(CC)C(C)C(=O)Oc1ccc(CNC(=O)CCCC/C=C/C(C)C)cc1OC. The van der Waals surface area contributed by atoms with E-state index in [9.17, 15) is 9.59 Å². The molecule has 0 spiro atoms. The maximum atomic E-state index is 12.5. The predicted molar refractivity (Wildman–Crippen MR) is 125 cm³/mol. The van der Waals surface area contributed by atoms with Crippen LogP contribution in [0, 0.1) is 5.92 Å². The fourth-order valence-electron chi connectivity index (χ4n) is 3.23. The lowest BCUT2D eigenvalue weighted by Crippen LogP contribution is -2.41. The number of likely N-dealkylation sites (N-methyl/N-ethyl adjacent to an activating group) is 1. The average Bonchev–Trinajstić information content (AvgIpc) is 2.75. The van der Waals surface area contributed by atoms with Gasteiger partial charge in [-0.15, -0.1) is 0 Å². The fraction of sp³-hybridized carbons (Fsp3) is 0.600. The van der Waals surface area contributed by atoms with Crippen LogP contribution in [0.5, 0.6) is 11.5 Å². The monoisotopic (exact) mass is 432 g/mol. The standard InChI is InChI=1S/C25H40N2O4/c1-7-27(8-2)20(5)25(29)31-22-16-15-21(17-23(22)30-6)18-26-24(28)14-12-10-9-11-13-19(3)4/h11,13,15-17,19-20H,7-10,12,14,18H2,1-6H3,(H,26,28)/b13-11+. The highest BCUT2D eigenvalue weighted by atomic mass is 16.6. The van der Waals surface area contributed by atoms with Gasteiger partial charge in [-0.3, -0.25) is 9.69 Å². The molecule has 31 heavy (non-hydrogen) atoms. The Balaban J connectivity index is 2.53. The molecule has 0 aliphatic heterocycles. The van der Waals surface area contributed by atoms with Crippen LogP contribution < -0.4 is 14.8 Å². The van der Waals surface area contributed by atoms with Crippen molar-refractivity contribution in [3.05, 3.63) is 35.9 Å². The molecule has 1 rings (SSSR count). The largest absolute Gasteiger partial charge is 0.493 e. The zero-order valence-corrected chi connectivity index (χ0v) is 20.1. The van der Waals surface area contributed by atoms with Gasteiger partial charge in [0.15, 0.2) is 11.5 Å². The summed E-state index contributed by atoms with van der Waals surface area (Å²) in [6.07, 6.45) is 7.79. The fourth-order valence-corrected chi connectivity index (χ4v) is 3.23. The first-order chi connectivity index (χ1) is 14.8. The van der Waals surface area contributed by atoms with Crippen molar-refractivity contribution >= 4 is 11.9 Å². The second-order valence-electron chi connectivity index (χ2n) is 8.00. The minimum absolute atomic E-state index is 0.0374. The van der Waals surface area contributed by atoms with E-state index < -0.39 is 0 Å². The Kier molecular flexibility index (Phi) is 12.6. The molecule has 0 aliphatic carbocycles. The topological polar surface area (TPSA) is 67.9 Å². The van der Waals surface area contributed by atoms with Gasteiger partial charge in [-0.05, 0) is 62.9 Å². The van der Waals surface area contributed by atoms with Gasteiger partial charge in [-0.2, -0.15) is 0 Å². The van der Waals surface area contributed by atoms with E-state index in [1.807, 2.05) is 31.7 Å². The number of carbonyl (C=O) groups excluding carboxylic acids is 2. The molecule has 1 aromatic rings. The molecular formula is C25H40N2O4. The van der Waals surface area contributed by atoms with Gasteiger partial charge in [-0.1, -0.05) is 45.9 Å². The summed E-state index contributed by atoms with van der Waals surface area (Å²) < 4.78 is 11.0. The van der Waals surface area contributed by atoms with Crippen molar-refractivity contribution in [3.63, 3.8) is 0 Å². The smallest absolute Gasteiger partial charge is 0.328 e. The number of nitrogens with one attached hydrogen (secondary N) is 1. The maximum Gasteiger partial charge on any atom is 0.328 e. The van der Waals surface area contributed by atoms with Gasteiger partial charge in [-0.25, -0.2) is 4.79 Å². The first-order valence-corrected chi connectivity index (χ1v) is 11.4. The highest BCUT2D eigenvalue weighted by Crippen LogP contribution is 2.28. The van der Waals surface area contributed by atoms with E-state index in [1.165, 1.54) is 7.11 Å². The molecule has 0 saturated carbocycles. The van der Waals surface area contributed by atoms with Gasteiger partial charge < -0.3 is 14.8 Å². The molecule has 6 nitrogen and oxygen atoms in total. The Morgan fingerprint density at radius 2 is 1.81 bits per heavy atom. The van der Waals surface area contributed by atoms with Crippen LogP contribution in [0.3, 0.4) is 0 Å². The molecule has 1 amide bonds. The predicted octanol–water partition coefficient (Wildman–Crippen LogP) is 4.72. The third kappa shape index (κ3) is 10.0. The van der Waals surface area contributed by atoms with Crippen LogP contribution in [0.4, 0.5) is 0 Å². The normalized spacial score (nSPS) is 12.4. The van der Waals surface area contributed by atoms with Crippen molar-refractivity contribution in [1.29, 1.82) is 0 Å². The lowest BCUT2D eigenvalue weighted by atomic mass is 10.1. The van der Waals surface area contributed by atoms with E-state index in [-0.39, 0.29) is 17.9 Å². The number of nitrogens with zero attached hydrogens (tertiary/aromatic N) is 1. The number of benzene rings is 1. The number of carbonyl (C=O) groups is 2. The van der Waals surface area contributed by atoms with Crippen molar-refractivity contribution in [2.45, 2.75) is 72.9 Å². The Hall–Kier alpha value is -2.34. The number of rotatable bonds is 14. The number of hydrogen-bond donors (Lipinski definition) is 1. The molecular weight excluding hydrogens is 392 g/mol. The van der Waals surface area contributed by atoms with Crippen LogP contribution in [-0.4, -0.2) is 43.0 Å². The van der Waals surface area contributed by atoms with Crippen LogP contribution in [0.1, 0.15) is 65.9 Å². The second-order valence-corrected chi connectivity index (χ2v) is 8.00. The summed E-state index contributed by atoms with van der Waals surface area (Å²) in [5.41, 5.74) is 0.890. The van der Waals surface area contributed by atoms with Crippen LogP contribution in [0.25, 0.3) is 0 Å². The first-order valence-electron chi connectivity index (χ1n) is 11.4. The molecule has 1 N–H and O–H groups in total. The molecule has 1 aromatic carbocycles. The third-order valence-corrected chi connectivity index (χ3v) is 5.18. The van der Waals surface area contributed by atoms with Crippen molar-refractivity contribution in [2.75, 3.05) is 20.2 Å². The Labute approximate surface area is 188 Å². The maximum absolute atomic E-state index is 12.5. The zero-order chi connectivity index (χ0) is 23.2. The van der Waals surface area contributed by atoms with Gasteiger partial charge in [0.25, 0.3) is 0 Å². The number of unbranched alkanes of at least 4 members (excludes halogenated alkanes) is 2. The van der Waals surface area contributed by atoms with Crippen LogP contribution in [0.2, 0.25) is 0 Å². The van der Waals surface area contributed by atoms with Gasteiger partial charge in [0.1, 0.15) is 6.04 Å². The van der Waals surface area contributed by atoms with Crippen molar-refractivity contribution in [2.24, 2.45) is 5.92 Å². The van der Waals surface area contributed by atoms with Crippen LogP contribution in [0.15, 0.2) is 30.4 Å². The molecule has 6 heteroatoms. The lowest BCUT2D eigenvalue weighted by molar-refractivity contribution is -0.139. The summed E-state index contributed by atoms with van der Waals surface area (Å²) in [7, 11) is 1.54. The summed E-state index contributed by atoms with van der Waals surface area (Å²) in [5.74, 6) is 1.16. The van der Waals surface area contributed by atoms with E-state index >= 15 is 0 Å². The summed E-state index contributed by atoms with van der Waals surface area (Å²) in [4.78, 5) is 26.6. The quantitative estimate of drug-likeness (QED) is 0.199. The van der Waals surface area contributed by atoms with Gasteiger partial charge in [0, 0.05) is 13.0 Å². The molecule has 0 radical (unpaired) electrons. The summed E-state index contributed by atoms with van der Waals surface area (Å²) in [6, 6.07) is 5.01. The molecule has 174 valence electrons. The summed E-state index contributed by atoms with van der Waals surface area (Å²) >= 11 is 0. The van der Waals surface area contributed by atoms with Crippen molar-refractivity contribution in [3.8, 4) is 11.5 Å². The molecule has 0 heterocycles. The van der Waals surface area contributed by atoms with E-state index in [2.05, 4.69) is 31.3 Å².